The summed E-state index contributed by atoms with van der Waals surface area (Å²) in [5.74, 6) is 0.547. The normalized spacial score (nSPS) is 14.9. The van der Waals surface area contributed by atoms with Crippen molar-refractivity contribution in [1.82, 2.24) is 0 Å². The van der Waals surface area contributed by atoms with E-state index in [-0.39, 0.29) is 20.3 Å². The average Bonchev–Trinajstić information content (AvgIpc) is 3.73. The zero-order valence-electron chi connectivity index (χ0n) is 30.0. The molecule has 2 radical (unpaired) electrons. The third kappa shape index (κ3) is 8.84. The summed E-state index contributed by atoms with van der Waals surface area (Å²) in [5.41, 5.74) is 13.6. The van der Waals surface area contributed by atoms with Crippen molar-refractivity contribution >= 4 is 35.0 Å². The molecule has 1 unspecified atom stereocenters. The van der Waals surface area contributed by atoms with Crippen molar-refractivity contribution in [2.45, 2.75) is 59.1 Å². The fraction of sp³-hybridized carbons (Fsp3) is 0.222. The molecule has 0 saturated heterocycles. The molecule has 0 aromatic heterocycles. The third-order valence-electron chi connectivity index (χ3n) is 8.64. The van der Waals surface area contributed by atoms with Gasteiger partial charge in [0, 0.05) is 5.25 Å². The molecule has 1 heterocycles. The first-order chi connectivity index (χ1) is 22.1. The van der Waals surface area contributed by atoms with Gasteiger partial charge < -0.3 is 14.9 Å². The Kier molecular flexibility index (Phi) is 14.2. The van der Waals surface area contributed by atoms with Gasteiger partial charge in [0.15, 0.2) is 0 Å². The number of benzene rings is 4. The van der Waals surface area contributed by atoms with Crippen LogP contribution < -0.4 is 0 Å². The summed E-state index contributed by atoms with van der Waals surface area (Å²) in [6, 6.07) is 39.6. The number of rotatable bonds is 4. The summed E-state index contributed by atoms with van der Waals surface area (Å²) in [5, 5.41) is 3.17. The van der Waals surface area contributed by atoms with Gasteiger partial charge in [-0.2, -0.15) is 23.3 Å². The van der Waals surface area contributed by atoms with Crippen molar-refractivity contribution in [3.8, 4) is 22.3 Å². The Morgan fingerprint density at radius 3 is 1.92 bits per heavy atom. The number of aryl methyl sites for hydroxylation is 1. The van der Waals surface area contributed by atoms with Crippen molar-refractivity contribution in [1.29, 1.82) is 0 Å². The van der Waals surface area contributed by atoms with E-state index in [0.29, 0.717) is 11.2 Å². The minimum absolute atomic E-state index is 0. The molecule has 0 N–H and O–H groups in total. The zero-order valence-corrected chi connectivity index (χ0v) is 34.3. The van der Waals surface area contributed by atoms with Crippen LogP contribution in [0.1, 0.15) is 58.2 Å². The van der Waals surface area contributed by atoms with Gasteiger partial charge in [-0.1, -0.05) is 149 Å². The van der Waals surface area contributed by atoms with Crippen molar-refractivity contribution in [2.75, 3.05) is 0 Å². The van der Waals surface area contributed by atoms with Crippen molar-refractivity contribution < 1.29 is 23.3 Å². The van der Waals surface area contributed by atoms with E-state index in [9.17, 15) is 0 Å². The summed E-state index contributed by atoms with van der Waals surface area (Å²) in [4.78, 5) is 1.34. The van der Waals surface area contributed by atoms with E-state index in [1.807, 2.05) is 11.8 Å². The molecule has 1 aliphatic heterocycles. The number of thioether (sulfide) groups is 1. The Morgan fingerprint density at radius 1 is 0.771 bits per heavy atom. The summed E-state index contributed by atoms with van der Waals surface area (Å²) >= 11 is 3.30. The van der Waals surface area contributed by atoms with Gasteiger partial charge in [0.1, 0.15) is 0 Å². The molecule has 3 heteroatoms. The molecule has 0 nitrogen and oxygen atoms in total. The maximum atomic E-state index is 3.60. The molecule has 5 aromatic rings. The molecular weight excluding hydrogens is 692 g/mol. The molecule has 48 heavy (non-hydrogen) atoms. The topological polar surface area (TPSA) is 0 Å². The van der Waals surface area contributed by atoms with Gasteiger partial charge >= 0.3 is 30.2 Å². The van der Waals surface area contributed by atoms with E-state index in [0.717, 1.165) is 0 Å². The predicted octanol–water partition coefficient (Wildman–Crippen LogP) is 12.9. The van der Waals surface area contributed by atoms with Gasteiger partial charge in [0.05, 0.1) is 0 Å². The number of allylic oxidation sites excluding steroid dienone is 4. The molecule has 0 spiro atoms. The fourth-order valence-electron chi connectivity index (χ4n) is 6.18. The molecule has 0 amide bonds. The van der Waals surface area contributed by atoms with E-state index in [2.05, 4.69) is 177 Å². The molecule has 1 atom stereocenters. The van der Waals surface area contributed by atoms with Crippen LogP contribution in [0.3, 0.4) is 0 Å². The molecule has 2 aliphatic rings. The third-order valence-corrected chi connectivity index (χ3v) is 9.78. The fourth-order valence-corrected chi connectivity index (χ4v) is 7.39. The SMILES string of the molecule is CC(C)C1=CC2=C(c3ccc(C(C)(C)C)cc3)C(C)SC2=[C-]1.Cc1cc2c(-c3ccccc3)cc(-c3ccccc3)cc2[cH-]1.[CH3-].[CH3-].[Si]=[Zr]. The average molecular weight is 740 g/mol. The second-order valence-corrected chi connectivity index (χ2v) is 14.8. The Bertz CT molecular complexity index is 1900. The Labute approximate surface area is 312 Å². The van der Waals surface area contributed by atoms with Crippen LogP contribution in [0.25, 0.3) is 38.6 Å². The van der Waals surface area contributed by atoms with E-state index in [1.165, 1.54) is 94.7 Å². The second kappa shape index (κ2) is 17.2. The number of hydrogen-bond donors (Lipinski definition) is 0. The second-order valence-electron chi connectivity index (χ2n) is 13.4. The van der Waals surface area contributed by atoms with E-state index in [4.69, 9.17) is 0 Å². The number of fused-ring (bicyclic) bond motifs is 2. The minimum atomic E-state index is 0. The molecule has 7 rings (SSSR count). The van der Waals surface area contributed by atoms with Gasteiger partial charge in [-0.15, -0.1) is 45.1 Å². The molecule has 5 aromatic carbocycles. The standard InChI is InChI=1S/C22H17.C21H25S.2CH3.Si.Zr/c1-16-12-20-14-19(17-8-4-2-5-9-17)15-22(21(20)13-16)18-10-6-3-7-11-18;1-13(2)16-11-18-19(12-16)22-14(3)20(18)15-7-9-17(10-8-15)21(4,5)6;;;;/h2-15H,1H3;7-11,13-14H,1-6H3;2*1H3;;/q4*-1;;. The van der Waals surface area contributed by atoms with E-state index in [1.54, 1.807) is 0 Å². The first-order valence-corrected chi connectivity index (χ1v) is 21.1. The molecule has 0 bridgehead atoms. The summed E-state index contributed by atoms with van der Waals surface area (Å²) in [6.07, 6.45) is 5.95. The maximum absolute atomic E-state index is 3.60. The van der Waals surface area contributed by atoms with Crippen LogP contribution >= 0.6 is 11.8 Å². The van der Waals surface area contributed by atoms with Gasteiger partial charge in [0.2, 0.25) is 0 Å². The van der Waals surface area contributed by atoms with Crippen LogP contribution in [-0.4, -0.2) is 12.1 Å². The van der Waals surface area contributed by atoms with Gasteiger partial charge in [0.25, 0.3) is 0 Å². The molecule has 0 fully saturated rings. The quantitative estimate of drug-likeness (QED) is 0.131. The van der Waals surface area contributed by atoms with Crippen LogP contribution in [-0.2, 0) is 28.8 Å². The molecular formula is C45H48SSiZr-4. The summed E-state index contributed by atoms with van der Waals surface area (Å²) < 4.78 is 0. The number of hydrogen-bond acceptors (Lipinski definition) is 1. The van der Waals surface area contributed by atoms with E-state index >= 15 is 0 Å². The van der Waals surface area contributed by atoms with Crippen LogP contribution in [0.2, 0.25) is 0 Å². The predicted molar refractivity (Wildman–Crippen MR) is 213 cm³/mol. The van der Waals surface area contributed by atoms with Crippen molar-refractivity contribution in [3.05, 3.63) is 169 Å². The van der Waals surface area contributed by atoms with Crippen LogP contribution in [0.4, 0.5) is 0 Å². The molecule has 246 valence electrons. The Morgan fingerprint density at radius 2 is 1.35 bits per heavy atom. The molecule has 1 aliphatic carbocycles. The molecule has 0 saturated carbocycles. The van der Waals surface area contributed by atoms with Crippen molar-refractivity contribution in [2.24, 2.45) is 5.92 Å². The monoisotopic (exact) mass is 738 g/mol. The van der Waals surface area contributed by atoms with Crippen LogP contribution in [0, 0.1) is 33.8 Å². The first kappa shape index (κ1) is 39.6. The van der Waals surface area contributed by atoms with Gasteiger partial charge in [-0.3, -0.25) is 0 Å². The van der Waals surface area contributed by atoms with Crippen LogP contribution in [0.15, 0.2) is 131 Å². The summed E-state index contributed by atoms with van der Waals surface area (Å²) in [6.45, 7) is 18.8. The van der Waals surface area contributed by atoms with Crippen LogP contribution in [0.5, 0.6) is 0 Å². The summed E-state index contributed by atoms with van der Waals surface area (Å²) in [7, 11) is 0. The Hall–Kier alpha value is -2.84. The van der Waals surface area contributed by atoms with Gasteiger partial charge in [-0.25, -0.2) is 6.08 Å². The first-order valence-electron chi connectivity index (χ1n) is 16.0. The van der Waals surface area contributed by atoms with E-state index < -0.39 is 0 Å². The Balaban J connectivity index is 0.000000238. The van der Waals surface area contributed by atoms with Crippen molar-refractivity contribution in [3.63, 3.8) is 0 Å². The zero-order chi connectivity index (χ0) is 33.0. The van der Waals surface area contributed by atoms with Gasteiger partial charge in [-0.05, 0) is 40.5 Å².